The topological polar surface area (TPSA) is 39.1 Å². The summed E-state index contributed by atoms with van der Waals surface area (Å²) in [6.45, 7) is 14.0. The zero-order valence-corrected chi connectivity index (χ0v) is 15.1. The summed E-state index contributed by atoms with van der Waals surface area (Å²) < 4.78 is 7.75. The van der Waals surface area contributed by atoms with Crippen LogP contribution in [0.3, 0.4) is 0 Å². The second-order valence-electron chi connectivity index (χ2n) is 6.01. The molecule has 0 aliphatic carbocycles. The fourth-order valence-corrected chi connectivity index (χ4v) is 2.80. The number of rotatable bonds is 8. The minimum absolute atomic E-state index is 0.775. The molecule has 0 bridgehead atoms. The first-order valence-corrected chi connectivity index (χ1v) is 8.52. The van der Waals surface area contributed by atoms with Gasteiger partial charge in [-0.25, -0.2) is 0 Å². The van der Waals surface area contributed by atoms with Crippen LogP contribution < -0.4 is 10.1 Å². The van der Waals surface area contributed by atoms with Crippen molar-refractivity contribution in [1.82, 2.24) is 15.1 Å². The Morgan fingerprint density at radius 3 is 2.52 bits per heavy atom. The van der Waals surface area contributed by atoms with Crippen molar-refractivity contribution in [2.75, 3.05) is 6.61 Å². The maximum Gasteiger partial charge on any atom is 0.119 e. The molecule has 0 fully saturated rings. The van der Waals surface area contributed by atoms with Crippen molar-refractivity contribution in [2.45, 2.75) is 60.7 Å². The molecule has 1 aromatic carbocycles. The lowest BCUT2D eigenvalue weighted by Gasteiger charge is -2.11. The van der Waals surface area contributed by atoms with Crippen molar-refractivity contribution in [3.8, 4) is 5.75 Å². The summed E-state index contributed by atoms with van der Waals surface area (Å²) in [6.07, 6.45) is 1.03. The van der Waals surface area contributed by atoms with Gasteiger partial charge in [-0.05, 0) is 57.4 Å². The predicted molar refractivity (Wildman–Crippen MR) is 94.9 cm³/mol. The van der Waals surface area contributed by atoms with Crippen LogP contribution in [0.2, 0.25) is 0 Å². The number of nitrogens with one attached hydrogen (secondary N) is 1. The highest BCUT2D eigenvalue weighted by Crippen LogP contribution is 2.18. The van der Waals surface area contributed by atoms with Gasteiger partial charge in [-0.2, -0.15) is 5.10 Å². The van der Waals surface area contributed by atoms with Crippen LogP contribution in [-0.4, -0.2) is 16.4 Å². The third-order valence-corrected chi connectivity index (χ3v) is 4.24. The van der Waals surface area contributed by atoms with E-state index in [1.165, 1.54) is 22.4 Å². The molecule has 4 heteroatoms. The van der Waals surface area contributed by atoms with Crippen LogP contribution in [0, 0.1) is 20.8 Å². The van der Waals surface area contributed by atoms with Gasteiger partial charge in [-0.3, -0.25) is 4.68 Å². The predicted octanol–water partition coefficient (Wildman–Crippen LogP) is 3.91. The average Bonchev–Trinajstić information content (AvgIpc) is 2.81. The van der Waals surface area contributed by atoms with E-state index in [0.717, 1.165) is 44.1 Å². The van der Waals surface area contributed by atoms with E-state index < -0.39 is 0 Å². The number of hydrogen-bond donors (Lipinski definition) is 1. The van der Waals surface area contributed by atoms with Gasteiger partial charge in [-0.1, -0.05) is 13.0 Å². The molecule has 0 amide bonds. The Morgan fingerprint density at radius 1 is 1.13 bits per heavy atom. The van der Waals surface area contributed by atoms with Gasteiger partial charge < -0.3 is 10.1 Å². The van der Waals surface area contributed by atoms with Crippen LogP contribution in [0.4, 0.5) is 0 Å². The van der Waals surface area contributed by atoms with E-state index >= 15 is 0 Å². The summed E-state index contributed by atoms with van der Waals surface area (Å²) in [6, 6.07) is 6.34. The molecule has 0 saturated carbocycles. The smallest absolute Gasteiger partial charge is 0.119 e. The Bertz CT molecular complexity index is 646. The summed E-state index contributed by atoms with van der Waals surface area (Å²) in [5.41, 5.74) is 6.28. The number of hydrogen-bond acceptors (Lipinski definition) is 3. The van der Waals surface area contributed by atoms with Crippen molar-refractivity contribution in [1.29, 1.82) is 0 Å². The number of aromatic nitrogens is 2. The molecule has 0 radical (unpaired) electrons. The molecule has 1 N–H and O–H groups in total. The van der Waals surface area contributed by atoms with Gasteiger partial charge in [0.05, 0.1) is 12.3 Å². The lowest BCUT2D eigenvalue weighted by atomic mass is 10.1. The molecule has 0 spiro atoms. The number of nitrogens with zero attached hydrogens (tertiary/aromatic N) is 2. The molecule has 0 aliphatic heterocycles. The molecule has 126 valence electrons. The van der Waals surface area contributed by atoms with Gasteiger partial charge in [0.15, 0.2) is 0 Å². The summed E-state index contributed by atoms with van der Waals surface area (Å²) in [4.78, 5) is 0. The third-order valence-electron chi connectivity index (χ3n) is 4.24. The first kappa shape index (κ1) is 17.5. The van der Waals surface area contributed by atoms with Crippen LogP contribution in [0.1, 0.15) is 48.3 Å². The Morgan fingerprint density at radius 2 is 1.91 bits per heavy atom. The van der Waals surface area contributed by atoms with Gasteiger partial charge in [-0.15, -0.1) is 0 Å². The van der Waals surface area contributed by atoms with E-state index in [-0.39, 0.29) is 0 Å². The Hall–Kier alpha value is -1.81. The maximum atomic E-state index is 5.68. The Kier molecular flexibility index (Phi) is 6.22. The number of aryl methyl sites for hydroxylation is 3. The first-order valence-electron chi connectivity index (χ1n) is 8.52. The second-order valence-corrected chi connectivity index (χ2v) is 6.01. The first-order chi connectivity index (χ1) is 11.1. The quantitative estimate of drug-likeness (QED) is 0.803. The molecule has 1 aromatic heterocycles. The monoisotopic (exact) mass is 315 g/mol. The molecule has 0 unspecified atom stereocenters. The van der Waals surface area contributed by atoms with Crippen molar-refractivity contribution < 1.29 is 4.74 Å². The van der Waals surface area contributed by atoms with E-state index in [2.05, 4.69) is 67.9 Å². The molecular formula is C19H29N3O. The molecule has 0 atom stereocenters. The van der Waals surface area contributed by atoms with E-state index in [4.69, 9.17) is 4.74 Å². The molecule has 4 nitrogen and oxygen atoms in total. The van der Waals surface area contributed by atoms with Gasteiger partial charge in [0.1, 0.15) is 5.75 Å². The molecule has 23 heavy (non-hydrogen) atoms. The highest BCUT2D eigenvalue weighted by Gasteiger charge is 2.10. The zero-order valence-electron chi connectivity index (χ0n) is 15.1. The van der Waals surface area contributed by atoms with Crippen LogP contribution in [-0.2, 0) is 19.6 Å². The molecule has 2 aromatic rings. The molecule has 0 aliphatic rings. The number of benzene rings is 1. The van der Waals surface area contributed by atoms with Crippen LogP contribution in [0.25, 0.3) is 0 Å². The summed E-state index contributed by atoms with van der Waals surface area (Å²) >= 11 is 0. The van der Waals surface area contributed by atoms with Crippen molar-refractivity contribution in [3.63, 3.8) is 0 Å². The van der Waals surface area contributed by atoms with Gasteiger partial charge in [0, 0.05) is 30.9 Å². The molecule has 0 saturated heterocycles. The van der Waals surface area contributed by atoms with Gasteiger partial charge in [0.2, 0.25) is 0 Å². The highest BCUT2D eigenvalue weighted by molar-refractivity contribution is 5.35. The van der Waals surface area contributed by atoms with Crippen molar-refractivity contribution >= 4 is 0 Å². The summed E-state index contributed by atoms with van der Waals surface area (Å²) in [5.74, 6) is 0.962. The number of ether oxygens (including phenoxy) is 1. The zero-order chi connectivity index (χ0) is 16.8. The van der Waals surface area contributed by atoms with Crippen molar-refractivity contribution in [3.05, 3.63) is 46.3 Å². The van der Waals surface area contributed by atoms with Crippen molar-refractivity contribution in [2.24, 2.45) is 0 Å². The fourth-order valence-electron chi connectivity index (χ4n) is 2.80. The second kappa shape index (κ2) is 8.16. The highest BCUT2D eigenvalue weighted by atomic mass is 16.5. The maximum absolute atomic E-state index is 5.68. The van der Waals surface area contributed by atoms with Crippen LogP contribution >= 0.6 is 0 Å². The molecule has 2 rings (SSSR count). The largest absolute Gasteiger partial charge is 0.494 e. The Labute approximate surface area is 139 Å². The average molecular weight is 315 g/mol. The third kappa shape index (κ3) is 4.35. The summed E-state index contributed by atoms with van der Waals surface area (Å²) in [5, 5.41) is 8.12. The summed E-state index contributed by atoms with van der Waals surface area (Å²) in [7, 11) is 0. The standard InChI is InChI=1S/C19H29N3O/c1-6-10-23-18-9-8-17(14(3)11-18)12-20-13-19-15(4)21-22(7-2)16(19)5/h8-9,11,20H,6-7,10,12-13H2,1-5H3. The minimum Gasteiger partial charge on any atom is -0.494 e. The van der Waals surface area contributed by atoms with E-state index in [0.29, 0.717) is 0 Å². The van der Waals surface area contributed by atoms with E-state index in [1.54, 1.807) is 0 Å². The minimum atomic E-state index is 0.775. The normalized spacial score (nSPS) is 11.0. The molecule has 1 heterocycles. The Balaban J connectivity index is 1.95. The van der Waals surface area contributed by atoms with E-state index in [1.807, 2.05) is 0 Å². The van der Waals surface area contributed by atoms with Crippen LogP contribution in [0.15, 0.2) is 18.2 Å². The lowest BCUT2D eigenvalue weighted by molar-refractivity contribution is 0.317. The SMILES string of the molecule is CCCOc1ccc(CNCc2c(C)nn(CC)c2C)c(C)c1. The van der Waals surface area contributed by atoms with Gasteiger partial charge in [0.25, 0.3) is 0 Å². The fraction of sp³-hybridized carbons (Fsp3) is 0.526. The van der Waals surface area contributed by atoms with Crippen LogP contribution in [0.5, 0.6) is 5.75 Å². The van der Waals surface area contributed by atoms with E-state index in [9.17, 15) is 0 Å². The van der Waals surface area contributed by atoms with Gasteiger partial charge >= 0.3 is 0 Å². The lowest BCUT2D eigenvalue weighted by Crippen LogP contribution is -2.15. The molecular weight excluding hydrogens is 286 g/mol.